The van der Waals surface area contributed by atoms with Crippen molar-refractivity contribution in [3.63, 3.8) is 0 Å². The molecule has 0 aliphatic heterocycles. The zero-order valence-electron chi connectivity index (χ0n) is 17.9. The first-order valence-electron chi connectivity index (χ1n) is 10.1. The second kappa shape index (κ2) is 24.7. The van der Waals surface area contributed by atoms with Crippen molar-refractivity contribution in [2.45, 2.75) is 109 Å². The Bertz CT molecular complexity index is 373. The minimum atomic E-state index is -1.12. The summed E-state index contributed by atoms with van der Waals surface area (Å²) in [5.41, 5.74) is 0.220. The van der Waals surface area contributed by atoms with E-state index in [4.69, 9.17) is 0 Å². The maximum absolute atomic E-state index is 10.5. The van der Waals surface area contributed by atoms with Crippen LogP contribution in [-0.4, -0.2) is 11.9 Å². The first kappa shape index (κ1) is 32.3. The molecule has 0 heterocycles. The number of unbranched alkanes of at least 4 members (excludes halogenated alkanes) is 14. The van der Waals surface area contributed by atoms with Crippen molar-refractivity contribution < 1.29 is 78.9 Å². The molecule has 0 saturated heterocycles. The predicted molar refractivity (Wildman–Crippen MR) is 97.6 cm³/mol. The van der Waals surface area contributed by atoms with Gasteiger partial charge in [0.15, 0.2) is 0 Å². The molecule has 4 nitrogen and oxygen atoms in total. The molecule has 0 unspecified atom stereocenters. The third-order valence-corrected chi connectivity index (χ3v) is 4.65. The van der Waals surface area contributed by atoms with E-state index in [0.717, 1.165) is 32.1 Å². The molecule has 0 spiro atoms. The Morgan fingerprint density at radius 2 is 0.778 bits per heavy atom. The number of carboxylic acid groups (broad SMARTS) is 2. The van der Waals surface area contributed by atoms with Gasteiger partial charge in [-0.15, -0.1) is 0 Å². The Hall–Kier alpha value is 0.680. The second-order valence-electron chi connectivity index (χ2n) is 7.07. The number of carbonyl (C=O) groups is 2. The molecule has 0 rings (SSSR count). The molecule has 0 bridgehead atoms. The summed E-state index contributed by atoms with van der Waals surface area (Å²) in [6, 6.07) is 0. The second-order valence-corrected chi connectivity index (χ2v) is 7.07. The van der Waals surface area contributed by atoms with Gasteiger partial charge in [0.05, 0.1) is 5.97 Å². The zero-order chi connectivity index (χ0) is 18.8. The number of hydrogen-bond donors (Lipinski definition) is 0. The Labute approximate surface area is 210 Å². The molecule has 0 radical (unpaired) electrons. The average Bonchev–Trinajstić information content (AvgIpc) is 2.57. The van der Waals surface area contributed by atoms with Crippen LogP contribution in [0.5, 0.6) is 0 Å². The number of rotatable bonds is 19. The molecule has 6 heteroatoms. The summed E-state index contributed by atoms with van der Waals surface area (Å²) in [5.74, 6) is -2.04. The van der Waals surface area contributed by atoms with Crippen LogP contribution in [0.15, 0.2) is 12.2 Å². The average molecular weight is 398 g/mol. The van der Waals surface area contributed by atoms with E-state index in [1.165, 1.54) is 64.2 Å². The van der Waals surface area contributed by atoms with Crippen molar-refractivity contribution >= 4 is 11.9 Å². The SMILES string of the molecule is C=C(CCCCCCCCCCCCCCCCCC(=O)[O-])C(=O)[O-].[Na+].[Na+]. The van der Waals surface area contributed by atoms with Crippen LogP contribution in [-0.2, 0) is 9.59 Å². The molecule has 0 fully saturated rings. The quantitative estimate of drug-likeness (QED) is 0.139. The van der Waals surface area contributed by atoms with Crippen LogP contribution >= 0.6 is 0 Å². The first-order chi connectivity index (χ1) is 12.0. The molecule has 146 valence electrons. The standard InChI is InChI=1S/C21H38O4.2Na/c1-19(21(24)25)17-15-13-11-9-7-5-3-2-4-6-8-10-12-14-16-18-20(22)23;;/h1-18H2,(H,22,23)(H,24,25);;/q;2*+1/p-2. The molecule has 27 heavy (non-hydrogen) atoms. The molecule has 0 aliphatic rings. The van der Waals surface area contributed by atoms with Crippen molar-refractivity contribution in [1.82, 2.24) is 0 Å². The van der Waals surface area contributed by atoms with Gasteiger partial charge >= 0.3 is 59.1 Å². The summed E-state index contributed by atoms with van der Waals surface area (Å²) in [5, 5.41) is 20.7. The number of hydrogen-bond acceptors (Lipinski definition) is 4. The molecule has 0 N–H and O–H groups in total. The van der Waals surface area contributed by atoms with Gasteiger partial charge in [-0.05, 0) is 31.3 Å². The molecule has 0 aromatic heterocycles. The van der Waals surface area contributed by atoms with Crippen molar-refractivity contribution in [1.29, 1.82) is 0 Å². The van der Waals surface area contributed by atoms with Crippen molar-refractivity contribution in [2.75, 3.05) is 0 Å². The number of carboxylic acids is 2. The molecular formula is C21H36Na2O4. The topological polar surface area (TPSA) is 80.3 Å². The van der Waals surface area contributed by atoms with E-state index in [-0.39, 0.29) is 71.1 Å². The van der Waals surface area contributed by atoms with Crippen molar-refractivity contribution in [3.05, 3.63) is 12.2 Å². The van der Waals surface area contributed by atoms with E-state index in [1.807, 2.05) is 0 Å². The van der Waals surface area contributed by atoms with Crippen molar-refractivity contribution in [2.24, 2.45) is 0 Å². The Balaban J connectivity index is -0.00000288. The van der Waals surface area contributed by atoms with Crippen LogP contribution in [0.25, 0.3) is 0 Å². The Morgan fingerprint density at radius 3 is 1.04 bits per heavy atom. The monoisotopic (exact) mass is 398 g/mol. The van der Waals surface area contributed by atoms with Gasteiger partial charge in [0, 0.05) is 5.97 Å². The number of carbonyl (C=O) groups excluding carboxylic acids is 2. The summed E-state index contributed by atoms with van der Waals surface area (Å²) in [6.45, 7) is 3.48. The molecule has 0 aromatic carbocycles. The van der Waals surface area contributed by atoms with Crippen LogP contribution in [0.1, 0.15) is 109 Å². The predicted octanol–water partition coefficient (Wildman–Crippen LogP) is -2.32. The molecule has 0 aromatic rings. The van der Waals surface area contributed by atoms with Gasteiger partial charge in [0.2, 0.25) is 0 Å². The van der Waals surface area contributed by atoms with Gasteiger partial charge in [0.1, 0.15) is 0 Å². The fraction of sp³-hybridized carbons (Fsp3) is 0.810. The largest absolute Gasteiger partial charge is 1.00 e. The molecule has 0 saturated carbocycles. The molecule has 0 amide bonds. The summed E-state index contributed by atoms with van der Waals surface area (Å²) in [4.78, 5) is 20.7. The molecular weight excluding hydrogens is 362 g/mol. The maximum Gasteiger partial charge on any atom is 1.00 e. The minimum Gasteiger partial charge on any atom is -0.550 e. The van der Waals surface area contributed by atoms with E-state index < -0.39 is 11.9 Å². The maximum atomic E-state index is 10.5. The van der Waals surface area contributed by atoms with Gasteiger partial charge < -0.3 is 19.8 Å². The summed E-state index contributed by atoms with van der Waals surface area (Å²) in [7, 11) is 0. The van der Waals surface area contributed by atoms with Gasteiger partial charge in [-0.1, -0.05) is 90.0 Å². The molecule has 0 aliphatic carbocycles. The van der Waals surface area contributed by atoms with E-state index in [9.17, 15) is 19.8 Å². The zero-order valence-corrected chi connectivity index (χ0v) is 21.9. The van der Waals surface area contributed by atoms with Gasteiger partial charge in [0.25, 0.3) is 0 Å². The Kier molecular flexibility index (Phi) is 29.6. The summed E-state index contributed by atoms with van der Waals surface area (Å²) < 4.78 is 0. The van der Waals surface area contributed by atoms with E-state index in [0.29, 0.717) is 6.42 Å². The summed E-state index contributed by atoms with van der Waals surface area (Å²) in [6.07, 6.45) is 18.4. The fourth-order valence-corrected chi connectivity index (χ4v) is 3.01. The first-order valence-corrected chi connectivity index (χ1v) is 10.1. The van der Waals surface area contributed by atoms with E-state index in [1.54, 1.807) is 0 Å². The van der Waals surface area contributed by atoms with E-state index in [2.05, 4.69) is 6.58 Å². The number of aliphatic carboxylic acids is 2. The van der Waals surface area contributed by atoms with Gasteiger partial charge in [-0.2, -0.15) is 0 Å². The van der Waals surface area contributed by atoms with Gasteiger partial charge in [-0.3, -0.25) is 0 Å². The van der Waals surface area contributed by atoms with Crippen LogP contribution in [0.4, 0.5) is 0 Å². The van der Waals surface area contributed by atoms with Crippen LogP contribution in [0, 0.1) is 0 Å². The molecule has 0 atom stereocenters. The minimum absolute atomic E-state index is 0. The normalized spacial score (nSPS) is 9.93. The fourth-order valence-electron chi connectivity index (χ4n) is 3.01. The third kappa shape index (κ3) is 26.7. The van der Waals surface area contributed by atoms with Crippen LogP contribution in [0.2, 0.25) is 0 Å². The smallest absolute Gasteiger partial charge is 0.550 e. The van der Waals surface area contributed by atoms with Crippen LogP contribution < -0.4 is 69.3 Å². The summed E-state index contributed by atoms with van der Waals surface area (Å²) >= 11 is 0. The van der Waals surface area contributed by atoms with Crippen molar-refractivity contribution in [3.8, 4) is 0 Å². The third-order valence-electron chi connectivity index (χ3n) is 4.65. The van der Waals surface area contributed by atoms with Crippen LogP contribution in [0.3, 0.4) is 0 Å². The van der Waals surface area contributed by atoms with Gasteiger partial charge in [-0.25, -0.2) is 0 Å². The Morgan fingerprint density at radius 1 is 0.519 bits per heavy atom. The van der Waals surface area contributed by atoms with E-state index >= 15 is 0 Å².